The van der Waals surface area contributed by atoms with Crippen molar-refractivity contribution in [3.63, 3.8) is 0 Å². The Morgan fingerprint density at radius 3 is 1.80 bits per heavy atom. The van der Waals surface area contributed by atoms with Crippen LogP contribution in [0.15, 0.2) is 0 Å². The van der Waals surface area contributed by atoms with Gasteiger partial charge in [0, 0.05) is 0 Å². The van der Waals surface area contributed by atoms with E-state index in [0.29, 0.717) is 0 Å². The van der Waals surface area contributed by atoms with Crippen LogP contribution in [0.25, 0.3) is 0 Å². The summed E-state index contributed by atoms with van der Waals surface area (Å²) in [4.78, 5) is 11.6. The third kappa shape index (κ3) is 0.982. The minimum absolute atomic E-state index is 0.231. The second-order valence-electron chi connectivity index (χ2n) is 5.88. The highest BCUT2D eigenvalue weighted by Crippen LogP contribution is 2.69. The number of carbonyl (C=O) groups is 1. The molecule has 15 heavy (non-hydrogen) atoms. The van der Waals surface area contributed by atoms with E-state index in [1.165, 1.54) is 38.5 Å². The van der Waals surface area contributed by atoms with Gasteiger partial charge in [-0.1, -0.05) is 19.3 Å². The zero-order chi connectivity index (χ0) is 10.5. The van der Waals surface area contributed by atoms with Crippen LogP contribution >= 0.6 is 0 Å². The third-order valence-electron chi connectivity index (χ3n) is 5.70. The lowest BCUT2D eigenvalue weighted by atomic mass is 9.39. The van der Waals surface area contributed by atoms with Crippen molar-refractivity contribution >= 4 is 5.97 Å². The molecule has 0 aromatic heterocycles. The predicted octanol–water partition coefficient (Wildman–Crippen LogP) is 3.21. The van der Waals surface area contributed by atoms with Gasteiger partial charge in [0.1, 0.15) is 0 Å². The molecule has 3 saturated carbocycles. The van der Waals surface area contributed by atoms with Crippen LogP contribution in [0.2, 0.25) is 0 Å². The lowest BCUT2D eigenvalue weighted by Crippen LogP contribution is -2.60. The molecule has 3 aliphatic rings. The van der Waals surface area contributed by atoms with Crippen molar-refractivity contribution in [3.05, 3.63) is 0 Å². The molecule has 84 valence electrons. The van der Waals surface area contributed by atoms with Gasteiger partial charge in [-0.3, -0.25) is 4.79 Å². The minimum atomic E-state index is -0.486. The van der Waals surface area contributed by atoms with E-state index in [2.05, 4.69) is 0 Å². The molecule has 0 unspecified atom stereocenters. The number of rotatable bonds is 3. The minimum Gasteiger partial charge on any atom is -0.481 e. The molecule has 0 heterocycles. The maximum atomic E-state index is 11.6. The van der Waals surface area contributed by atoms with Crippen LogP contribution in [-0.4, -0.2) is 11.1 Å². The van der Waals surface area contributed by atoms with E-state index in [9.17, 15) is 9.90 Å². The second kappa shape index (κ2) is 2.99. The van der Waals surface area contributed by atoms with Crippen molar-refractivity contribution in [3.8, 4) is 0 Å². The highest BCUT2D eigenvalue weighted by atomic mass is 16.4. The lowest BCUT2D eigenvalue weighted by molar-refractivity contribution is -0.195. The van der Waals surface area contributed by atoms with E-state index >= 15 is 0 Å². The van der Waals surface area contributed by atoms with E-state index < -0.39 is 5.97 Å². The van der Waals surface area contributed by atoms with Gasteiger partial charge in [-0.2, -0.15) is 0 Å². The molecule has 3 rings (SSSR count). The molecule has 0 spiro atoms. The summed E-state index contributed by atoms with van der Waals surface area (Å²) in [6.45, 7) is 0. The van der Waals surface area contributed by atoms with Crippen LogP contribution in [0.3, 0.4) is 0 Å². The van der Waals surface area contributed by atoms with E-state index in [-0.39, 0.29) is 10.8 Å². The number of hydrogen-bond acceptors (Lipinski definition) is 1. The molecule has 0 aromatic carbocycles. The van der Waals surface area contributed by atoms with Crippen molar-refractivity contribution in [2.45, 2.75) is 57.8 Å². The zero-order valence-corrected chi connectivity index (χ0v) is 9.30. The third-order valence-corrected chi connectivity index (χ3v) is 5.70. The number of aliphatic carboxylic acids is 1. The molecule has 3 fully saturated rings. The number of carboxylic acid groups (broad SMARTS) is 1. The van der Waals surface area contributed by atoms with Gasteiger partial charge in [0.2, 0.25) is 0 Å². The first-order valence-corrected chi connectivity index (χ1v) is 6.45. The average Bonchev–Trinajstić information content (AvgIpc) is 1.92. The molecule has 0 atom stereocenters. The first-order valence-electron chi connectivity index (χ1n) is 6.45. The van der Waals surface area contributed by atoms with Crippen LogP contribution in [0, 0.1) is 16.7 Å². The van der Waals surface area contributed by atoms with E-state index in [0.717, 1.165) is 25.2 Å². The summed E-state index contributed by atoms with van der Waals surface area (Å²) in [5.74, 6) is 0.267. The van der Waals surface area contributed by atoms with Gasteiger partial charge in [0.15, 0.2) is 0 Å². The summed E-state index contributed by atoms with van der Waals surface area (Å²) in [6.07, 6.45) is 10.7. The molecular weight excluding hydrogens is 188 g/mol. The molecule has 0 bridgehead atoms. The van der Waals surface area contributed by atoms with Crippen LogP contribution in [0.1, 0.15) is 57.8 Å². The van der Waals surface area contributed by atoms with Gasteiger partial charge < -0.3 is 5.11 Å². The Kier molecular flexibility index (Phi) is 1.93. The lowest BCUT2D eigenvalue weighted by Gasteiger charge is -2.63. The Bertz CT molecular complexity index is 283. The molecule has 2 nitrogen and oxygen atoms in total. The van der Waals surface area contributed by atoms with Crippen LogP contribution in [-0.2, 0) is 4.79 Å². The van der Waals surface area contributed by atoms with Crippen molar-refractivity contribution < 1.29 is 9.90 Å². The van der Waals surface area contributed by atoms with Gasteiger partial charge in [-0.25, -0.2) is 0 Å². The first kappa shape index (κ1) is 9.68. The highest BCUT2D eigenvalue weighted by molar-refractivity contribution is 5.77. The standard InChI is InChI=1S/C13H20O2/c14-11(15)13(8-3-9-13)12(6-2-7-12)10-4-1-5-10/h10H,1-9H2,(H,14,15). The number of carboxylic acids is 1. The molecule has 0 radical (unpaired) electrons. The maximum Gasteiger partial charge on any atom is 0.310 e. The van der Waals surface area contributed by atoms with Crippen molar-refractivity contribution in [1.29, 1.82) is 0 Å². The number of hydrogen-bond donors (Lipinski definition) is 1. The largest absolute Gasteiger partial charge is 0.481 e. The maximum absolute atomic E-state index is 11.6. The fourth-order valence-corrected chi connectivity index (χ4v) is 4.25. The molecular formula is C13H20O2. The van der Waals surface area contributed by atoms with E-state index in [1.807, 2.05) is 0 Å². The van der Waals surface area contributed by atoms with E-state index in [4.69, 9.17) is 0 Å². The SMILES string of the molecule is O=C(O)C1(C2(C3CCC3)CCC2)CCC1. The molecule has 1 N–H and O–H groups in total. The zero-order valence-electron chi connectivity index (χ0n) is 9.30. The fourth-order valence-electron chi connectivity index (χ4n) is 4.25. The van der Waals surface area contributed by atoms with Crippen LogP contribution in [0.4, 0.5) is 0 Å². The van der Waals surface area contributed by atoms with Gasteiger partial charge in [0.25, 0.3) is 0 Å². The summed E-state index contributed by atoms with van der Waals surface area (Å²) in [7, 11) is 0. The van der Waals surface area contributed by atoms with Crippen molar-refractivity contribution in [1.82, 2.24) is 0 Å². The normalized spacial score (nSPS) is 32.3. The topological polar surface area (TPSA) is 37.3 Å². The Morgan fingerprint density at radius 2 is 1.60 bits per heavy atom. The second-order valence-corrected chi connectivity index (χ2v) is 5.88. The summed E-state index contributed by atoms with van der Waals surface area (Å²) >= 11 is 0. The first-order chi connectivity index (χ1) is 7.21. The molecule has 0 amide bonds. The molecule has 2 heteroatoms. The van der Waals surface area contributed by atoms with Crippen LogP contribution < -0.4 is 0 Å². The average molecular weight is 208 g/mol. The van der Waals surface area contributed by atoms with Crippen molar-refractivity contribution in [2.24, 2.45) is 16.7 Å². The summed E-state index contributed by atoms with van der Waals surface area (Å²) in [5, 5.41) is 9.55. The quantitative estimate of drug-likeness (QED) is 0.773. The Labute approximate surface area is 91.1 Å². The van der Waals surface area contributed by atoms with Crippen molar-refractivity contribution in [2.75, 3.05) is 0 Å². The van der Waals surface area contributed by atoms with Gasteiger partial charge >= 0.3 is 5.97 Å². The van der Waals surface area contributed by atoms with E-state index in [1.54, 1.807) is 0 Å². The molecule has 0 aliphatic heterocycles. The summed E-state index contributed by atoms with van der Waals surface area (Å²) < 4.78 is 0. The molecule has 3 aliphatic carbocycles. The Balaban J connectivity index is 1.90. The summed E-state index contributed by atoms with van der Waals surface area (Å²) in [5.41, 5.74) is -0.0638. The Morgan fingerprint density at radius 1 is 1.00 bits per heavy atom. The van der Waals surface area contributed by atoms with Gasteiger partial charge in [-0.15, -0.1) is 0 Å². The smallest absolute Gasteiger partial charge is 0.310 e. The fraction of sp³-hybridized carbons (Fsp3) is 0.923. The molecule has 0 saturated heterocycles. The van der Waals surface area contributed by atoms with Gasteiger partial charge in [-0.05, 0) is 49.9 Å². The highest BCUT2D eigenvalue weighted by Gasteiger charge is 2.65. The predicted molar refractivity (Wildman–Crippen MR) is 57.5 cm³/mol. The van der Waals surface area contributed by atoms with Crippen LogP contribution in [0.5, 0.6) is 0 Å². The molecule has 0 aromatic rings. The monoisotopic (exact) mass is 208 g/mol. The summed E-state index contributed by atoms with van der Waals surface area (Å²) in [6, 6.07) is 0. The Hall–Kier alpha value is -0.530. The van der Waals surface area contributed by atoms with Gasteiger partial charge in [0.05, 0.1) is 5.41 Å².